The fourth-order valence-corrected chi connectivity index (χ4v) is 5.94. The van der Waals surface area contributed by atoms with E-state index in [1.165, 1.54) is 27.1 Å². The molecule has 3 aromatic carbocycles. The van der Waals surface area contributed by atoms with E-state index >= 15 is 0 Å². The van der Waals surface area contributed by atoms with Crippen molar-refractivity contribution < 1.29 is 4.74 Å². The van der Waals surface area contributed by atoms with E-state index in [2.05, 4.69) is 101 Å². The third kappa shape index (κ3) is 7.36. The molecule has 0 spiro atoms. The molecule has 5 heteroatoms. The Balaban J connectivity index is 1.31. The average Bonchev–Trinajstić information content (AvgIpc) is 2.84. The van der Waals surface area contributed by atoms with E-state index < -0.39 is 0 Å². The summed E-state index contributed by atoms with van der Waals surface area (Å²) in [6, 6.07) is 24.3. The SMILES string of the molecule is COc1ccc(Br)cc1CSc1ccccc1CN1CCN(Cc2ccc(C(C)(C)C)cc2)CC1. The molecule has 3 aromatic rings. The number of halogens is 1. The summed E-state index contributed by atoms with van der Waals surface area (Å²) in [4.78, 5) is 6.54. The molecular weight excluding hydrogens is 516 g/mol. The minimum Gasteiger partial charge on any atom is -0.496 e. The van der Waals surface area contributed by atoms with Gasteiger partial charge in [-0.2, -0.15) is 0 Å². The molecule has 0 saturated carbocycles. The average molecular weight is 554 g/mol. The molecule has 3 nitrogen and oxygen atoms in total. The molecule has 0 radical (unpaired) electrons. The van der Waals surface area contributed by atoms with Crippen molar-refractivity contribution in [3.8, 4) is 5.75 Å². The molecule has 1 saturated heterocycles. The molecule has 0 N–H and O–H groups in total. The number of hydrogen-bond donors (Lipinski definition) is 0. The first kappa shape index (κ1) is 26.3. The second-order valence-electron chi connectivity index (χ2n) is 10.4. The predicted octanol–water partition coefficient (Wildman–Crippen LogP) is 7.37. The lowest BCUT2D eigenvalue weighted by Crippen LogP contribution is -2.45. The third-order valence-corrected chi connectivity index (χ3v) is 8.34. The Bertz CT molecular complexity index is 1100. The van der Waals surface area contributed by atoms with Crippen LogP contribution in [0.2, 0.25) is 0 Å². The minimum absolute atomic E-state index is 0.211. The van der Waals surface area contributed by atoms with E-state index in [0.29, 0.717) is 0 Å². The lowest BCUT2D eigenvalue weighted by atomic mass is 9.87. The summed E-state index contributed by atoms with van der Waals surface area (Å²) in [5.41, 5.74) is 5.66. The number of hydrogen-bond acceptors (Lipinski definition) is 4. The van der Waals surface area contributed by atoms with Gasteiger partial charge in [0, 0.05) is 60.0 Å². The van der Waals surface area contributed by atoms with Crippen molar-refractivity contribution in [2.75, 3.05) is 33.3 Å². The van der Waals surface area contributed by atoms with Crippen molar-refractivity contribution in [1.29, 1.82) is 0 Å². The normalized spacial score (nSPS) is 15.3. The van der Waals surface area contributed by atoms with Crippen molar-refractivity contribution >= 4 is 27.7 Å². The summed E-state index contributed by atoms with van der Waals surface area (Å²) in [5.74, 6) is 1.84. The van der Waals surface area contributed by atoms with Gasteiger partial charge in [-0.3, -0.25) is 9.80 Å². The lowest BCUT2D eigenvalue weighted by Gasteiger charge is -2.35. The fraction of sp³-hybridized carbons (Fsp3) is 0.400. The highest BCUT2D eigenvalue weighted by Gasteiger charge is 2.19. The smallest absolute Gasteiger partial charge is 0.122 e. The lowest BCUT2D eigenvalue weighted by molar-refractivity contribution is 0.121. The first-order valence-electron chi connectivity index (χ1n) is 12.4. The predicted molar refractivity (Wildman–Crippen MR) is 152 cm³/mol. The van der Waals surface area contributed by atoms with Gasteiger partial charge in [0.05, 0.1) is 7.11 Å². The molecule has 4 rings (SSSR count). The van der Waals surface area contributed by atoms with E-state index in [0.717, 1.165) is 55.2 Å². The number of methoxy groups -OCH3 is 1. The van der Waals surface area contributed by atoms with E-state index in [1.807, 2.05) is 23.9 Å². The van der Waals surface area contributed by atoms with Crippen LogP contribution in [-0.4, -0.2) is 43.1 Å². The van der Waals surface area contributed by atoms with Crippen LogP contribution in [-0.2, 0) is 24.3 Å². The van der Waals surface area contributed by atoms with Crippen LogP contribution in [0.3, 0.4) is 0 Å². The monoisotopic (exact) mass is 552 g/mol. The summed E-state index contributed by atoms with van der Waals surface area (Å²) in [5, 5.41) is 0. The molecule has 0 bridgehead atoms. The molecule has 1 fully saturated rings. The quantitative estimate of drug-likeness (QED) is 0.271. The summed E-state index contributed by atoms with van der Waals surface area (Å²) in [6.45, 7) is 13.3. The van der Waals surface area contributed by atoms with E-state index in [4.69, 9.17) is 4.74 Å². The number of thioether (sulfide) groups is 1. The molecule has 0 unspecified atom stereocenters. The first-order chi connectivity index (χ1) is 16.8. The van der Waals surface area contributed by atoms with E-state index in [1.54, 1.807) is 7.11 Å². The molecule has 35 heavy (non-hydrogen) atoms. The van der Waals surface area contributed by atoms with Crippen LogP contribution in [0.4, 0.5) is 0 Å². The van der Waals surface area contributed by atoms with Gasteiger partial charge in [-0.15, -0.1) is 11.8 Å². The number of nitrogens with zero attached hydrogens (tertiary/aromatic N) is 2. The number of rotatable bonds is 8. The highest BCUT2D eigenvalue weighted by Crippen LogP contribution is 2.32. The van der Waals surface area contributed by atoms with E-state index in [-0.39, 0.29) is 5.41 Å². The molecule has 0 aromatic heterocycles. The Morgan fingerprint density at radius 2 is 1.49 bits per heavy atom. The van der Waals surface area contributed by atoms with Gasteiger partial charge in [0.25, 0.3) is 0 Å². The summed E-state index contributed by atoms with van der Waals surface area (Å²) in [6.07, 6.45) is 0. The fourth-order valence-electron chi connectivity index (χ4n) is 4.51. The zero-order valence-electron chi connectivity index (χ0n) is 21.4. The van der Waals surface area contributed by atoms with Crippen LogP contribution in [0.15, 0.2) is 76.1 Å². The Kier molecular flexibility index (Phi) is 8.98. The maximum Gasteiger partial charge on any atom is 0.122 e. The van der Waals surface area contributed by atoms with Crippen LogP contribution >= 0.6 is 27.7 Å². The maximum absolute atomic E-state index is 5.57. The van der Waals surface area contributed by atoms with Crippen molar-refractivity contribution in [2.24, 2.45) is 0 Å². The summed E-state index contributed by atoms with van der Waals surface area (Å²) >= 11 is 5.49. The largest absolute Gasteiger partial charge is 0.496 e. The zero-order chi connectivity index (χ0) is 24.8. The van der Waals surface area contributed by atoms with Gasteiger partial charge in [-0.05, 0) is 46.4 Å². The molecule has 1 heterocycles. The molecule has 1 aliphatic heterocycles. The molecular formula is C30H37BrN2OS. The van der Waals surface area contributed by atoms with Crippen LogP contribution in [0.25, 0.3) is 0 Å². The number of piperazine rings is 1. The van der Waals surface area contributed by atoms with Gasteiger partial charge < -0.3 is 4.74 Å². The standard InChI is InChI=1S/C30H37BrN2OS/c1-30(2,3)26-11-9-23(10-12-26)20-32-15-17-33(18-16-32)21-24-7-5-6-8-29(24)35-22-25-19-27(31)13-14-28(25)34-4/h5-14,19H,15-18,20-22H2,1-4H3. The van der Waals surface area contributed by atoms with Crippen LogP contribution in [0.5, 0.6) is 5.75 Å². The molecule has 1 aliphatic rings. The van der Waals surface area contributed by atoms with Crippen LogP contribution in [0, 0.1) is 0 Å². The first-order valence-corrected chi connectivity index (χ1v) is 14.2. The topological polar surface area (TPSA) is 15.7 Å². The zero-order valence-corrected chi connectivity index (χ0v) is 23.8. The summed E-state index contributed by atoms with van der Waals surface area (Å²) in [7, 11) is 1.74. The van der Waals surface area contributed by atoms with Crippen molar-refractivity contribution in [2.45, 2.75) is 49.9 Å². The van der Waals surface area contributed by atoms with Gasteiger partial charge >= 0.3 is 0 Å². The van der Waals surface area contributed by atoms with Crippen molar-refractivity contribution in [3.63, 3.8) is 0 Å². The second-order valence-corrected chi connectivity index (χ2v) is 12.3. The molecule has 186 valence electrons. The maximum atomic E-state index is 5.57. The van der Waals surface area contributed by atoms with Gasteiger partial charge in [0.15, 0.2) is 0 Å². The highest BCUT2D eigenvalue weighted by atomic mass is 79.9. The Hall–Kier alpha value is -1.79. The Labute approximate surface area is 224 Å². The minimum atomic E-state index is 0.211. The van der Waals surface area contributed by atoms with Gasteiger partial charge in [0.1, 0.15) is 5.75 Å². The number of ether oxygens (including phenoxy) is 1. The Morgan fingerprint density at radius 1 is 0.829 bits per heavy atom. The van der Waals surface area contributed by atoms with Crippen molar-refractivity contribution in [3.05, 3.63) is 93.5 Å². The highest BCUT2D eigenvalue weighted by molar-refractivity contribution is 9.10. The molecule has 0 atom stereocenters. The third-order valence-electron chi connectivity index (χ3n) is 6.68. The van der Waals surface area contributed by atoms with Gasteiger partial charge in [-0.25, -0.2) is 0 Å². The van der Waals surface area contributed by atoms with Crippen LogP contribution < -0.4 is 4.74 Å². The van der Waals surface area contributed by atoms with Crippen LogP contribution in [0.1, 0.15) is 43.0 Å². The molecule has 0 aliphatic carbocycles. The van der Waals surface area contributed by atoms with Gasteiger partial charge in [0.2, 0.25) is 0 Å². The molecule has 0 amide bonds. The summed E-state index contributed by atoms with van der Waals surface area (Å²) < 4.78 is 6.65. The van der Waals surface area contributed by atoms with Gasteiger partial charge in [-0.1, -0.05) is 79.2 Å². The number of benzene rings is 3. The Morgan fingerprint density at radius 3 is 2.14 bits per heavy atom. The van der Waals surface area contributed by atoms with Crippen molar-refractivity contribution in [1.82, 2.24) is 9.80 Å². The second kappa shape index (κ2) is 12.0. The van der Waals surface area contributed by atoms with E-state index in [9.17, 15) is 0 Å².